The van der Waals surface area contributed by atoms with Crippen LogP contribution in [-0.2, 0) is 16.0 Å². The van der Waals surface area contributed by atoms with Crippen LogP contribution in [0.4, 0.5) is 0 Å². The number of amides is 2. The number of nitrogens with one attached hydrogen (secondary N) is 4. The third-order valence-electron chi connectivity index (χ3n) is 5.55. The van der Waals surface area contributed by atoms with Crippen LogP contribution in [0.2, 0.25) is 0 Å². The van der Waals surface area contributed by atoms with Crippen LogP contribution in [0, 0.1) is 10.8 Å². The Labute approximate surface area is 177 Å². The molecule has 1 aromatic carbocycles. The summed E-state index contributed by atoms with van der Waals surface area (Å²) in [5.41, 5.74) is 5.14. The van der Waals surface area contributed by atoms with Gasteiger partial charge in [-0.25, -0.2) is 0 Å². The largest absolute Gasteiger partial charge is 0.475 e. The number of carbonyl (C=O) groups excluding carboxylic acids is 2. The summed E-state index contributed by atoms with van der Waals surface area (Å²) in [4.78, 5) is 26.0. The lowest BCUT2D eigenvalue weighted by molar-refractivity contribution is -0.143. The number of rotatable bonds is 11. The van der Waals surface area contributed by atoms with Gasteiger partial charge in [0.15, 0.2) is 5.96 Å². The van der Waals surface area contributed by atoms with Crippen LogP contribution in [0.15, 0.2) is 30.3 Å². The SMILES string of the molecule is N=C(N)NCCC[C@H](NC(=O)C1(C(=O)NCCc2ccccc2)CCCC1)B(O)O. The smallest absolute Gasteiger partial charge is 0.426 e. The van der Waals surface area contributed by atoms with E-state index in [4.69, 9.17) is 11.1 Å². The monoisotopic (exact) mass is 417 g/mol. The van der Waals surface area contributed by atoms with Crippen LogP contribution in [0.1, 0.15) is 44.1 Å². The van der Waals surface area contributed by atoms with E-state index in [1.54, 1.807) is 0 Å². The molecule has 1 atom stereocenters. The first-order valence-electron chi connectivity index (χ1n) is 10.4. The van der Waals surface area contributed by atoms with E-state index in [9.17, 15) is 19.6 Å². The second kappa shape index (κ2) is 11.6. The van der Waals surface area contributed by atoms with E-state index in [1.165, 1.54) is 0 Å². The van der Waals surface area contributed by atoms with Gasteiger partial charge in [-0.05, 0) is 37.7 Å². The van der Waals surface area contributed by atoms with E-state index in [2.05, 4.69) is 16.0 Å². The highest BCUT2D eigenvalue weighted by Gasteiger charge is 2.48. The molecule has 0 heterocycles. The van der Waals surface area contributed by atoms with Crippen molar-refractivity contribution in [1.29, 1.82) is 5.41 Å². The molecule has 1 aliphatic rings. The van der Waals surface area contributed by atoms with E-state index in [0.717, 1.165) is 18.4 Å². The van der Waals surface area contributed by atoms with E-state index in [1.807, 2.05) is 30.3 Å². The number of nitrogens with two attached hydrogens (primary N) is 1. The predicted octanol–water partition coefficient (Wildman–Crippen LogP) is -0.334. The molecule has 30 heavy (non-hydrogen) atoms. The predicted molar refractivity (Wildman–Crippen MR) is 115 cm³/mol. The van der Waals surface area contributed by atoms with Crippen LogP contribution in [0.3, 0.4) is 0 Å². The lowest BCUT2D eigenvalue weighted by Gasteiger charge is -2.29. The molecule has 0 bridgehead atoms. The van der Waals surface area contributed by atoms with Crippen molar-refractivity contribution >= 4 is 24.9 Å². The van der Waals surface area contributed by atoms with E-state index in [-0.39, 0.29) is 18.3 Å². The molecule has 0 saturated heterocycles. The third kappa shape index (κ3) is 6.74. The molecule has 0 spiro atoms. The Morgan fingerprint density at radius 3 is 2.37 bits per heavy atom. The Bertz CT molecular complexity index is 710. The van der Waals surface area contributed by atoms with Crippen molar-refractivity contribution < 1.29 is 19.6 Å². The maximum absolute atomic E-state index is 13.0. The second-order valence-electron chi connectivity index (χ2n) is 7.76. The van der Waals surface area contributed by atoms with Crippen molar-refractivity contribution in [2.45, 2.75) is 50.9 Å². The maximum atomic E-state index is 13.0. The fourth-order valence-electron chi connectivity index (χ4n) is 3.82. The zero-order valence-corrected chi connectivity index (χ0v) is 17.2. The van der Waals surface area contributed by atoms with Gasteiger partial charge < -0.3 is 31.7 Å². The Kier molecular flexibility index (Phi) is 9.13. The molecule has 1 fully saturated rings. The number of hydrogen-bond acceptors (Lipinski definition) is 5. The molecule has 0 aliphatic heterocycles. The summed E-state index contributed by atoms with van der Waals surface area (Å²) < 4.78 is 0. The average Bonchev–Trinajstić information content (AvgIpc) is 3.22. The number of hydrogen-bond donors (Lipinski definition) is 7. The van der Waals surface area contributed by atoms with E-state index >= 15 is 0 Å². The normalized spacial score (nSPS) is 15.8. The first-order valence-corrected chi connectivity index (χ1v) is 10.4. The second-order valence-corrected chi connectivity index (χ2v) is 7.76. The zero-order valence-electron chi connectivity index (χ0n) is 17.2. The average molecular weight is 417 g/mol. The molecular formula is C20H32BN5O4. The molecule has 164 valence electrons. The Morgan fingerprint density at radius 2 is 1.77 bits per heavy atom. The molecule has 1 aromatic rings. The van der Waals surface area contributed by atoms with Crippen molar-refractivity contribution in [3.8, 4) is 0 Å². The van der Waals surface area contributed by atoms with Gasteiger partial charge in [-0.1, -0.05) is 43.2 Å². The van der Waals surface area contributed by atoms with Gasteiger partial charge in [0.2, 0.25) is 11.8 Å². The van der Waals surface area contributed by atoms with Crippen molar-refractivity contribution in [2.24, 2.45) is 11.1 Å². The van der Waals surface area contributed by atoms with Gasteiger partial charge in [0.05, 0.1) is 5.94 Å². The van der Waals surface area contributed by atoms with Crippen molar-refractivity contribution in [3.05, 3.63) is 35.9 Å². The molecule has 9 nitrogen and oxygen atoms in total. The van der Waals surface area contributed by atoms with Crippen molar-refractivity contribution in [2.75, 3.05) is 13.1 Å². The van der Waals surface area contributed by atoms with Gasteiger partial charge in [-0.15, -0.1) is 0 Å². The minimum absolute atomic E-state index is 0.169. The lowest BCUT2D eigenvalue weighted by Crippen LogP contribution is -2.56. The lowest BCUT2D eigenvalue weighted by atomic mass is 9.75. The molecule has 1 saturated carbocycles. The fraction of sp³-hybridized carbons (Fsp3) is 0.550. The van der Waals surface area contributed by atoms with Crippen molar-refractivity contribution in [3.63, 3.8) is 0 Å². The first-order chi connectivity index (χ1) is 14.3. The van der Waals surface area contributed by atoms with Gasteiger partial charge in [0, 0.05) is 13.1 Å². The van der Waals surface area contributed by atoms with Crippen LogP contribution in [-0.4, -0.2) is 54.0 Å². The highest BCUT2D eigenvalue weighted by atomic mass is 16.4. The molecule has 0 radical (unpaired) electrons. The first kappa shape index (κ1) is 23.7. The summed E-state index contributed by atoms with van der Waals surface area (Å²) in [6.45, 7) is 0.806. The van der Waals surface area contributed by atoms with Gasteiger partial charge in [0.1, 0.15) is 5.41 Å². The van der Waals surface area contributed by atoms with Gasteiger partial charge in [-0.2, -0.15) is 0 Å². The summed E-state index contributed by atoms with van der Waals surface area (Å²) in [7, 11) is -1.74. The molecule has 8 N–H and O–H groups in total. The zero-order chi connectivity index (χ0) is 22.0. The minimum atomic E-state index is -1.74. The van der Waals surface area contributed by atoms with Crippen LogP contribution < -0.4 is 21.7 Å². The topological polar surface area (TPSA) is 161 Å². The molecule has 2 amide bonds. The summed E-state index contributed by atoms with van der Waals surface area (Å²) in [5, 5.41) is 34.6. The maximum Gasteiger partial charge on any atom is 0.475 e. The van der Waals surface area contributed by atoms with Crippen LogP contribution >= 0.6 is 0 Å². The Balaban J connectivity index is 1.93. The highest BCUT2D eigenvalue weighted by molar-refractivity contribution is 6.43. The van der Waals surface area contributed by atoms with Gasteiger partial charge in [-0.3, -0.25) is 15.0 Å². The molecular weight excluding hydrogens is 385 g/mol. The standard InChI is InChI=1S/C20H32BN5O4/c22-19(23)25-13-6-9-16(21(29)30)26-18(28)20(11-4-5-12-20)17(27)24-14-10-15-7-2-1-3-8-15/h1-3,7-8,16,29-30H,4-6,9-14H2,(H,24,27)(H,26,28)(H4,22,23,25)/t16-/m0/s1. The molecule has 1 aliphatic carbocycles. The number of guanidine groups is 1. The van der Waals surface area contributed by atoms with E-state index in [0.29, 0.717) is 38.8 Å². The molecule has 0 unspecified atom stereocenters. The molecule has 2 rings (SSSR count). The summed E-state index contributed by atoms with van der Waals surface area (Å²) >= 11 is 0. The Morgan fingerprint density at radius 1 is 1.10 bits per heavy atom. The third-order valence-corrected chi connectivity index (χ3v) is 5.55. The number of carbonyl (C=O) groups is 2. The van der Waals surface area contributed by atoms with Crippen LogP contribution in [0.25, 0.3) is 0 Å². The minimum Gasteiger partial charge on any atom is -0.426 e. The molecule has 0 aromatic heterocycles. The summed E-state index contributed by atoms with van der Waals surface area (Å²) in [5.74, 6) is -1.84. The Hall–Kier alpha value is -2.59. The highest BCUT2D eigenvalue weighted by Crippen LogP contribution is 2.38. The molecule has 10 heteroatoms. The van der Waals surface area contributed by atoms with Gasteiger partial charge in [0.25, 0.3) is 0 Å². The van der Waals surface area contributed by atoms with Crippen LogP contribution in [0.5, 0.6) is 0 Å². The van der Waals surface area contributed by atoms with Gasteiger partial charge >= 0.3 is 7.12 Å². The van der Waals surface area contributed by atoms with E-state index < -0.39 is 24.4 Å². The number of benzene rings is 1. The van der Waals surface area contributed by atoms with Crippen molar-refractivity contribution in [1.82, 2.24) is 16.0 Å². The summed E-state index contributed by atoms with van der Waals surface area (Å²) in [6.07, 6.45) is 3.84. The quantitative estimate of drug-likeness (QED) is 0.0858. The fourth-order valence-corrected chi connectivity index (χ4v) is 3.82. The summed E-state index contributed by atoms with van der Waals surface area (Å²) in [6, 6.07) is 9.78.